The average Bonchev–Trinajstić information content (AvgIpc) is 2.56. The predicted molar refractivity (Wildman–Crippen MR) is 108 cm³/mol. The van der Waals surface area contributed by atoms with Crippen molar-refractivity contribution in [3.05, 3.63) is 49.5 Å². The van der Waals surface area contributed by atoms with Crippen LogP contribution in [0.25, 0.3) is 0 Å². The Kier molecular flexibility index (Phi) is 6.91. The number of carbonyl (C=O) groups excluding carboxylic acids is 1. The van der Waals surface area contributed by atoms with Crippen molar-refractivity contribution in [1.29, 1.82) is 0 Å². The molecule has 0 saturated heterocycles. The monoisotopic (exact) mass is 503 g/mol. The Morgan fingerprint density at radius 2 is 2.04 bits per heavy atom. The molecule has 0 radical (unpaired) electrons. The first-order chi connectivity index (χ1) is 11.5. The van der Waals surface area contributed by atoms with Gasteiger partial charge < -0.3 is 14.8 Å². The van der Waals surface area contributed by atoms with Gasteiger partial charge in [-0.2, -0.15) is 0 Å². The number of methoxy groups -OCH3 is 1. The number of amides is 1. The van der Waals surface area contributed by atoms with Crippen LogP contribution in [-0.2, 0) is 0 Å². The van der Waals surface area contributed by atoms with Crippen LogP contribution in [0.15, 0.2) is 34.8 Å². The third-order valence-corrected chi connectivity index (χ3v) is 5.05. The maximum atomic E-state index is 12.5. The van der Waals surface area contributed by atoms with Gasteiger partial charge in [-0.3, -0.25) is 4.79 Å². The Labute approximate surface area is 164 Å². The molecule has 0 unspecified atom stereocenters. The molecule has 2 aromatic rings. The highest BCUT2D eigenvalue weighted by atomic mass is 127. The Bertz CT molecular complexity index is 749. The Morgan fingerprint density at radius 1 is 1.29 bits per heavy atom. The lowest BCUT2D eigenvalue weighted by atomic mass is 10.1. The van der Waals surface area contributed by atoms with Crippen molar-refractivity contribution in [2.45, 2.75) is 20.3 Å². The van der Waals surface area contributed by atoms with Crippen molar-refractivity contribution >= 4 is 50.1 Å². The van der Waals surface area contributed by atoms with Gasteiger partial charge in [0.05, 0.1) is 17.3 Å². The molecule has 0 aliphatic rings. The minimum absolute atomic E-state index is 0.185. The van der Waals surface area contributed by atoms with Gasteiger partial charge in [0.25, 0.3) is 5.91 Å². The van der Waals surface area contributed by atoms with Crippen molar-refractivity contribution in [3.8, 4) is 11.5 Å². The van der Waals surface area contributed by atoms with E-state index in [1.807, 2.05) is 32.0 Å². The first-order valence-electron chi connectivity index (χ1n) is 7.54. The summed E-state index contributed by atoms with van der Waals surface area (Å²) < 4.78 is 13.0. The maximum absolute atomic E-state index is 12.5. The minimum atomic E-state index is -0.185. The molecule has 0 aliphatic heterocycles. The lowest BCUT2D eigenvalue weighted by Crippen LogP contribution is -2.13. The van der Waals surface area contributed by atoms with Crippen molar-refractivity contribution in [3.63, 3.8) is 0 Å². The molecule has 0 heterocycles. The van der Waals surface area contributed by atoms with E-state index in [0.717, 1.165) is 25.7 Å². The number of anilines is 1. The summed E-state index contributed by atoms with van der Waals surface area (Å²) in [6.07, 6.45) is 0.907. The third kappa shape index (κ3) is 4.63. The van der Waals surface area contributed by atoms with Gasteiger partial charge in [-0.25, -0.2) is 0 Å². The SMILES string of the molecule is CCCOc1c(I)cc(C(=O)Nc2ccc(Br)c(C)c2)cc1OC. The number of hydrogen-bond acceptors (Lipinski definition) is 3. The molecule has 2 rings (SSSR count). The molecule has 1 N–H and O–H groups in total. The number of rotatable bonds is 6. The summed E-state index contributed by atoms with van der Waals surface area (Å²) in [7, 11) is 1.57. The van der Waals surface area contributed by atoms with E-state index >= 15 is 0 Å². The lowest BCUT2D eigenvalue weighted by molar-refractivity contribution is 0.102. The standard InChI is InChI=1S/C18H19BrINO3/c1-4-7-24-17-15(20)9-12(10-16(17)23-3)18(22)21-13-5-6-14(19)11(2)8-13/h5-6,8-10H,4,7H2,1-3H3,(H,21,22). The summed E-state index contributed by atoms with van der Waals surface area (Å²) in [5.74, 6) is 1.05. The molecule has 128 valence electrons. The lowest BCUT2D eigenvalue weighted by Gasteiger charge is -2.14. The second kappa shape index (κ2) is 8.71. The largest absolute Gasteiger partial charge is 0.493 e. The van der Waals surface area contributed by atoms with Crippen LogP contribution in [0.2, 0.25) is 0 Å². The fraction of sp³-hybridized carbons (Fsp3) is 0.278. The van der Waals surface area contributed by atoms with Gasteiger partial charge >= 0.3 is 0 Å². The van der Waals surface area contributed by atoms with Crippen LogP contribution in [0.1, 0.15) is 29.3 Å². The second-order valence-corrected chi connectivity index (χ2v) is 7.27. The average molecular weight is 504 g/mol. The van der Waals surface area contributed by atoms with Gasteiger partial charge in [0.1, 0.15) is 0 Å². The fourth-order valence-electron chi connectivity index (χ4n) is 2.12. The molecule has 0 fully saturated rings. The minimum Gasteiger partial charge on any atom is -0.493 e. The van der Waals surface area contributed by atoms with Crippen LogP contribution in [0.5, 0.6) is 11.5 Å². The van der Waals surface area contributed by atoms with E-state index in [-0.39, 0.29) is 5.91 Å². The van der Waals surface area contributed by atoms with Gasteiger partial charge in [-0.1, -0.05) is 22.9 Å². The van der Waals surface area contributed by atoms with E-state index in [0.29, 0.717) is 23.7 Å². The van der Waals surface area contributed by atoms with Gasteiger partial charge in [0.15, 0.2) is 11.5 Å². The predicted octanol–water partition coefficient (Wildman–Crippen LogP) is 5.41. The summed E-state index contributed by atoms with van der Waals surface area (Å²) in [4.78, 5) is 12.5. The van der Waals surface area contributed by atoms with E-state index in [2.05, 4.69) is 43.8 Å². The van der Waals surface area contributed by atoms with Crippen molar-refractivity contribution < 1.29 is 14.3 Å². The van der Waals surface area contributed by atoms with E-state index in [1.54, 1.807) is 19.2 Å². The number of halogens is 2. The van der Waals surface area contributed by atoms with Crippen molar-refractivity contribution in [1.82, 2.24) is 0 Å². The number of aryl methyl sites for hydroxylation is 1. The number of benzene rings is 2. The number of carbonyl (C=O) groups is 1. The summed E-state index contributed by atoms with van der Waals surface area (Å²) in [5, 5.41) is 2.91. The summed E-state index contributed by atoms with van der Waals surface area (Å²) in [6.45, 7) is 4.63. The van der Waals surface area contributed by atoms with Gasteiger partial charge in [-0.15, -0.1) is 0 Å². The third-order valence-electron chi connectivity index (χ3n) is 3.36. The highest BCUT2D eigenvalue weighted by Gasteiger charge is 2.16. The highest BCUT2D eigenvalue weighted by Crippen LogP contribution is 2.34. The molecule has 24 heavy (non-hydrogen) atoms. The molecule has 0 bridgehead atoms. The quantitative estimate of drug-likeness (QED) is 0.536. The van der Waals surface area contributed by atoms with Gasteiger partial charge in [0.2, 0.25) is 0 Å². The van der Waals surface area contributed by atoms with Crippen LogP contribution in [0.3, 0.4) is 0 Å². The zero-order valence-electron chi connectivity index (χ0n) is 13.8. The number of ether oxygens (including phenoxy) is 2. The number of nitrogens with one attached hydrogen (secondary N) is 1. The van der Waals surface area contributed by atoms with Crippen molar-refractivity contribution in [2.75, 3.05) is 19.0 Å². The molecule has 2 aromatic carbocycles. The molecular formula is C18H19BrINO3. The summed E-state index contributed by atoms with van der Waals surface area (Å²) in [6, 6.07) is 9.19. The molecule has 1 amide bonds. The smallest absolute Gasteiger partial charge is 0.255 e. The summed E-state index contributed by atoms with van der Waals surface area (Å²) in [5.41, 5.74) is 2.34. The molecule has 0 aromatic heterocycles. The molecule has 4 nitrogen and oxygen atoms in total. The normalized spacial score (nSPS) is 10.4. The van der Waals surface area contributed by atoms with Gasteiger partial charge in [-0.05, 0) is 71.8 Å². The van der Waals surface area contributed by atoms with Crippen LogP contribution >= 0.6 is 38.5 Å². The Balaban J connectivity index is 2.25. The molecule has 6 heteroatoms. The fourth-order valence-corrected chi connectivity index (χ4v) is 3.12. The first kappa shape index (κ1) is 19.1. The molecule has 0 aliphatic carbocycles. The van der Waals surface area contributed by atoms with E-state index < -0.39 is 0 Å². The van der Waals surface area contributed by atoms with Crippen LogP contribution in [-0.4, -0.2) is 19.6 Å². The maximum Gasteiger partial charge on any atom is 0.255 e. The zero-order valence-corrected chi connectivity index (χ0v) is 17.5. The van der Waals surface area contributed by atoms with Gasteiger partial charge in [0, 0.05) is 15.7 Å². The molecule has 0 spiro atoms. The summed E-state index contributed by atoms with van der Waals surface area (Å²) >= 11 is 5.61. The van der Waals surface area contributed by atoms with E-state index in [9.17, 15) is 4.79 Å². The number of hydrogen-bond donors (Lipinski definition) is 1. The van der Waals surface area contributed by atoms with Crippen LogP contribution < -0.4 is 14.8 Å². The van der Waals surface area contributed by atoms with Crippen molar-refractivity contribution in [2.24, 2.45) is 0 Å². The van der Waals surface area contributed by atoms with Crippen LogP contribution in [0, 0.1) is 10.5 Å². The Hall–Kier alpha value is -1.28. The van der Waals surface area contributed by atoms with E-state index in [1.165, 1.54) is 0 Å². The molecule has 0 saturated carbocycles. The zero-order chi connectivity index (χ0) is 17.7. The first-order valence-corrected chi connectivity index (χ1v) is 9.41. The molecule has 0 atom stereocenters. The highest BCUT2D eigenvalue weighted by molar-refractivity contribution is 14.1. The van der Waals surface area contributed by atoms with Crippen LogP contribution in [0.4, 0.5) is 5.69 Å². The molecular weight excluding hydrogens is 485 g/mol. The van der Waals surface area contributed by atoms with E-state index in [4.69, 9.17) is 9.47 Å². The Morgan fingerprint density at radius 3 is 2.67 bits per heavy atom. The topological polar surface area (TPSA) is 47.6 Å². The second-order valence-electron chi connectivity index (χ2n) is 5.26.